The molecule has 0 fully saturated rings. The van der Waals surface area contributed by atoms with Gasteiger partial charge in [0.25, 0.3) is 0 Å². The van der Waals surface area contributed by atoms with E-state index in [1.165, 1.54) is 0 Å². The zero-order chi connectivity index (χ0) is 11.4. The quantitative estimate of drug-likeness (QED) is 0.793. The molecule has 3 nitrogen and oxygen atoms in total. The smallest absolute Gasteiger partial charge is 0.0649 e. The van der Waals surface area contributed by atoms with Crippen molar-refractivity contribution in [2.24, 2.45) is 5.73 Å². The van der Waals surface area contributed by atoms with Crippen LogP contribution < -0.4 is 5.73 Å². The van der Waals surface area contributed by atoms with Crippen LogP contribution in [0.25, 0.3) is 5.69 Å². The summed E-state index contributed by atoms with van der Waals surface area (Å²) in [6.45, 7) is 3.70. The number of aromatic nitrogens is 2. The van der Waals surface area contributed by atoms with Crippen LogP contribution in [0.15, 0.2) is 55.3 Å². The Labute approximate surface area is 95.2 Å². The second-order valence-electron chi connectivity index (χ2n) is 3.63. The van der Waals surface area contributed by atoms with Crippen molar-refractivity contribution in [2.75, 3.05) is 0 Å². The third-order valence-corrected chi connectivity index (χ3v) is 2.47. The summed E-state index contributed by atoms with van der Waals surface area (Å²) in [7, 11) is 0. The molecular formula is C13H15N3. The predicted molar refractivity (Wildman–Crippen MR) is 65.3 cm³/mol. The lowest BCUT2D eigenvalue weighted by Crippen LogP contribution is -2.14. The summed E-state index contributed by atoms with van der Waals surface area (Å²) in [6, 6.07) is 11.9. The normalized spacial score (nSPS) is 12.3. The summed E-state index contributed by atoms with van der Waals surface area (Å²) in [5.41, 5.74) is 8.09. The maximum atomic E-state index is 6.06. The number of rotatable bonds is 4. The second kappa shape index (κ2) is 4.77. The van der Waals surface area contributed by atoms with E-state index in [2.05, 4.69) is 11.7 Å². The van der Waals surface area contributed by atoms with Crippen molar-refractivity contribution in [3.63, 3.8) is 0 Å². The van der Waals surface area contributed by atoms with E-state index in [1.807, 2.05) is 47.2 Å². The molecule has 2 rings (SSSR count). The topological polar surface area (TPSA) is 43.8 Å². The first-order valence-corrected chi connectivity index (χ1v) is 5.28. The van der Waals surface area contributed by atoms with Gasteiger partial charge < -0.3 is 5.73 Å². The summed E-state index contributed by atoms with van der Waals surface area (Å²) in [6.07, 6.45) is 4.34. The van der Waals surface area contributed by atoms with Gasteiger partial charge in [0, 0.05) is 6.20 Å². The summed E-state index contributed by atoms with van der Waals surface area (Å²) in [4.78, 5) is 0. The molecule has 0 amide bonds. The number of hydrogen-bond acceptors (Lipinski definition) is 2. The first-order chi connectivity index (χ1) is 7.83. The monoisotopic (exact) mass is 213 g/mol. The van der Waals surface area contributed by atoms with Gasteiger partial charge in [-0.25, -0.2) is 4.68 Å². The summed E-state index contributed by atoms with van der Waals surface area (Å²) < 4.78 is 1.87. The zero-order valence-electron chi connectivity index (χ0n) is 9.08. The van der Waals surface area contributed by atoms with E-state index in [-0.39, 0.29) is 6.04 Å². The molecule has 1 atom stereocenters. The van der Waals surface area contributed by atoms with Crippen molar-refractivity contribution in [3.8, 4) is 5.69 Å². The average molecular weight is 213 g/mol. The lowest BCUT2D eigenvalue weighted by molar-refractivity contribution is 0.667. The first kappa shape index (κ1) is 10.6. The van der Waals surface area contributed by atoms with E-state index in [0.717, 1.165) is 17.8 Å². The van der Waals surface area contributed by atoms with Gasteiger partial charge in [0.2, 0.25) is 0 Å². The molecule has 1 heterocycles. The predicted octanol–water partition coefficient (Wildman–Crippen LogP) is 2.45. The molecule has 0 aliphatic carbocycles. The molecule has 0 saturated heterocycles. The van der Waals surface area contributed by atoms with Gasteiger partial charge >= 0.3 is 0 Å². The van der Waals surface area contributed by atoms with Crippen molar-refractivity contribution in [2.45, 2.75) is 12.5 Å². The Bertz CT molecular complexity index is 459. The zero-order valence-corrected chi connectivity index (χ0v) is 9.08. The summed E-state index contributed by atoms with van der Waals surface area (Å²) in [5.74, 6) is 0. The van der Waals surface area contributed by atoms with E-state index < -0.39 is 0 Å². The molecule has 16 heavy (non-hydrogen) atoms. The third-order valence-electron chi connectivity index (χ3n) is 2.47. The van der Waals surface area contributed by atoms with E-state index in [4.69, 9.17) is 5.73 Å². The van der Waals surface area contributed by atoms with Gasteiger partial charge in [0.15, 0.2) is 0 Å². The Balaban J connectivity index is 2.36. The van der Waals surface area contributed by atoms with E-state index >= 15 is 0 Å². The highest BCUT2D eigenvalue weighted by molar-refractivity contribution is 5.33. The van der Waals surface area contributed by atoms with Crippen LogP contribution in [0.5, 0.6) is 0 Å². The molecule has 2 N–H and O–H groups in total. The third kappa shape index (κ3) is 2.04. The molecule has 0 saturated carbocycles. The fourth-order valence-corrected chi connectivity index (χ4v) is 1.68. The molecule has 82 valence electrons. The van der Waals surface area contributed by atoms with Gasteiger partial charge in [-0.1, -0.05) is 24.3 Å². The van der Waals surface area contributed by atoms with Crippen LogP contribution >= 0.6 is 0 Å². The van der Waals surface area contributed by atoms with Crippen LogP contribution in [0.3, 0.4) is 0 Å². The van der Waals surface area contributed by atoms with E-state index in [1.54, 1.807) is 6.20 Å². The average Bonchev–Trinajstić information content (AvgIpc) is 2.79. The molecule has 0 bridgehead atoms. The molecule has 0 aliphatic heterocycles. The van der Waals surface area contributed by atoms with E-state index in [9.17, 15) is 0 Å². The van der Waals surface area contributed by atoms with Crippen molar-refractivity contribution >= 4 is 0 Å². The van der Waals surface area contributed by atoms with Crippen molar-refractivity contribution in [1.29, 1.82) is 0 Å². The second-order valence-corrected chi connectivity index (χ2v) is 3.63. The fourth-order valence-electron chi connectivity index (χ4n) is 1.68. The molecule has 0 aliphatic rings. The van der Waals surface area contributed by atoms with Crippen molar-refractivity contribution < 1.29 is 0 Å². The Morgan fingerprint density at radius 1 is 1.31 bits per heavy atom. The molecular weight excluding hydrogens is 198 g/mol. The van der Waals surface area contributed by atoms with Gasteiger partial charge in [-0.2, -0.15) is 5.10 Å². The van der Waals surface area contributed by atoms with E-state index in [0.29, 0.717) is 0 Å². The summed E-state index contributed by atoms with van der Waals surface area (Å²) in [5, 5.41) is 4.29. The Hall–Kier alpha value is -1.87. The maximum absolute atomic E-state index is 6.06. The number of para-hydroxylation sites is 1. The van der Waals surface area contributed by atoms with Gasteiger partial charge in [-0.15, -0.1) is 6.58 Å². The highest BCUT2D eigenvalue weighted by Crippen LogP contribution is 2.17. The molecule has 0 radical (unpaired) electrons. The van der Waals surface area contributed by atoms with Crippen LogP contribution in [-0.2, 0) is 0 Å². The van der Waals surface area contributed by atoms with Crippen LogP contribution in [-0.4, -0.2) is 9.78 Å². The van der Waals surface area contributed by atoms with Crippen molar-refractivity contribution in [3.05, 3.63) is 60.9 Å². The molecule has 3 heteroatoms. The molecule has 1 aromatic heterocycles. The minimum Gasteiger partial charge on any atom is -0.322 e. The molecule has 1 unspecified atom stereocenters. The molecule has 2 aromatic rings. The first-order valence-electron chi connectivity index (χ1n) is 5.28. The Morgan fingerprint density at radius 2 is 2.06 bits per heavy atom. The number of nitrogens with two attached hydrogens (primary N) is 1. The molecule has 1 aromatic carbocycles. The number of nitrogens with zero attached hydrogens (tertiary/aromatic N) is 2. The lowest BCUT2D eigenvalue weighted by atomic mass is 10.1. The minimum atomic E-state index is -0.0554. The number of benzene rings is 1. The van der Waals surface area contributed by atoms with Gasteiger partial charge in [0.05, 0.1) is 17.4 Å². The lowest BCUT2D eigenvalue weighted by Gasteiger charge is -2.12. The molecule has 0 spiro atoms. The minimum absolute atomic E-state index is 0.0554. The highest BCUT2D eigenvalue weighted by atomic mass is 15.3. The van der Waals surface area contributed by atoms with Crippen LogP contribution in [0.2, 0.25) is 0 Å². The van der Waals surface area contributed by atoms with Gasteiger partial charge in [-0.3, -0.25) is 0 Å². The Morgan fingerprint density at radius 3 is 2.75 bits per heavy atom. The van der Waals surface area contributed by atoms with Crippen LogP contribution in [0.1, 0.15) is 18.2 Å². The summed E-state index contributed by atoms with van der Waals surface area (Å²) >= 11 is 0. The van der Waals surface area contributed by atoms with Gasteiger partial charge in [-0.05, 0) is 24.6 Å². The van der Waals surface area contributed by atoms with Crippen LogP contribution in [0, 0.1) is 0 Å². The van der Waals surface area contributed by atoms with Gasteiger partial charge in [0.1, 0.15) is 0 Å². The van der Waals surface area contributed by atoms with Crippen LogP contribution in [0.4, 0.5) is 0 Å². The van der Waals surface area contributed by atoms with Crippen molar-refractivity contribution in [1.82, 2.24) is 9.78 Å². The highest BCUT2D eigenvalue weighted by Gasteiger charge is 2.10. The maximum Gasteiger partial charge on any atom is 0.0649 e. The largest absolute Gasteiger partial charge is 0.322 e. The standard InChI is InChI=1S/C13H15N3/c1-2-6-12(14)13-9-10-15-16(13)11-7-4-3-5-8-11/h2-5,7-10,12H,1,6,14H2. The Kier molecular flexibility index (Phi) is 3.17. The fraction of sp³-hybridized carbons (Fsp3) is 0.154. The SMILES string of the molecule is C=CCC(N)c1ccnn1-c1ccccc1. The number of hydrogen-bond donors (Lipinski definition) is 1.